The Morgan fingerprint density at radius 3 is 2.81 bits per heavy atom. The molecule has 1 saturated heterocycles. The molecular weight excluding hydrogens is 344 g/mol. The molecule has 1 aliphatic heterocycles. The number of likely N-dealkylation sites (tertiary alicyclic amines) is 1. The summed E-state index contributed by atoms with van der Waals surface area (Å²) in [6.45, 7) is -1.00. The highest BCUT2D eigenvalue weighted by atomic mass is 19.3. The zero-order chi connectivity index (χ0) is 18.8. The molecule has 0 bridgehead atoms. The second-order valence-electron chi connectivity index (χ2n) is 6.82. The maximum absolute atomic E-state index is 12.7. The minimum atomic E-state index is -2.75. The van der Waals surface area contributed by atoms with Crippen LogP contribution in [0.25, 0.3) is 0 Å². The van der Waals surface area contributed by atoms with Gasteiger partial charge in [0.2, 0.25) is 0 Å². The lowest BCUT2D eigenvalue weighted by atomic mass is 9.97. The summed E-state index contributed by atoms with van der Waals surface area (Å²) < 4.78 is 27.8. The molecule has 2 aromatic rings. The molecule has 3 heterocycles. The van der Waals surface area contributed by atoms with Crippen LogP contribution >= 0.6 is 0 Å². The van der Waals surface area contributed by atoms with Crippen LogP contribution in [0.2, 0.25) is 0 Å². The molecule has 142 valence electrons. The lowest BCUT2D eigenvalue weighted by Gasteiger charge is -2.31. The summed E-state index contributed by atoms with van der Waals surface area (Å²) in [6, 6.07) is 1.33. The molecule has 1 atom stereocenters. The van der Waals surface area contributed by atoms with E-state index in [-0.39, 0.29) is 17.5 Å². The Morgan fingerprint density at radius 2 is 2.15 bits per heavy atom. The summed E-state index contributed by atoms with van der Waals surface area (Å²) in [4.78, 5) is 16.3. The minimum Gasteiger partial charge on any atom is -0.337 e. The largest absolute Gasteiger partial charge is 0.337 e. The van der Waals surface area contributed by atoms with Crippen molar-refractivity contribution in [2.24, 2.45) is 7.05 Å². The van der Waals surface area contributed by atoms with Gasteiger partial charge in [0.05, 0.1) is 6.54 Å². The van der Waals surface area contributed by atoms with E-state index in [0.29, 0.717) is 24.3 Å². The van der Waals surface area contributed by atoms with Crippen molar-refractivity contribution in [2.75, 3.05) is 27.2 Å². The van der Waals surface area contributed by atoms with Crippen molar-refractivity contribution in [3.05, 3.63) is 29.6 Å². The highest BCUT2D eigenvalue weighted by Crippen LogP contribution is 2.27. The van der Waals surface area contributed by atoms with Crippen molar-refractivity contribution in [1.29, 1.82) is 0 Å². The summed E-state index contributed by atoms with van der Waals surface area (Å²) in [5.74, 6) is 1.45. The number of halogens is 2. The summed E-state index contributed by atoms with van der Waals surface area (Å²) in [7, 11) is 5.86. The molecule has 0 N–H and O–H groups in total. The number of rotatable bonds is 5. The molecule has 0 aliphatic carbocycles. The molecule has 1 unspecified atom stereocenters. The Morgan fingerprint density at radius 1 is 1.38 bits per heavy atom. The van der Waals surface area contributed by atoms with Crippen molar-refractivity contribution < 1.29 is 13.6 Å². The summed E-state index contributed by atoms with van der Waals surface area (Å²) >= 11 is 0. The monoisotopic (exact) mass is 367 g/mol. The van der Waals surface area contributed by atoms with Crippen molar-refractivity contribution in [1.82, 2.24) is 34.3 Å². The van der Waals surface area contributed by atoms with Crippen LogP contribution in [0.5, 0.6) is 0 Å². The number of piperidine rings is 1. The predicted octanol–water partition coefficient (Wildman–Crippen LogP) is 1.49. The van der Waals surface area contributed by atoms with Crippen molar-refractivity contribution in [3.8, 4) is 0 Å². The molecule has 1 amide bonds. The molecular formula is C16H23F2N7O. The smallest absolute Gasteiger partial charge is 0.333 e. The van der Waals surface area contributed by atoms with Gasteiger partial charge in [-0.25, -0.2) is 4.68 Å². The fourth-order valence-corrected chi connectivity index (χ4v) is 3.25. The number of amides is 1. The number of nitrogens with zero attached hydrogens (tertiary/aromatic N) is 7. The first kappa shape index (κ1) is 18.4. The first-order chi connectivity index (χ1) is 12.4. The Labute approximate surface area is 150 Å². The Bertz CT molecular complexity index is 770. The maximum Gasteiger partial charge on any atom is 0.333 e. The topological polar surface area (TPSA) is 72.1 Å². The van der Waals surface area contributed by atoms with Crippen molar-refractivity contribution in [3.63, 3.8) is 0 Å². The second kappa shape index (κ2) is 7.48. The number of hydrogen-bond acceptors (Lipinski definition) is 5. The van der Waals surface area contributed by atoms with Crippen LogP contribution in [-0.2, 0) is 13.6 Å². The zero-order valence-electron chi connectivity index (χ0n) is 15.1. The van der Waals surface area contributed by atoms with Crippen LogP contribution in [0.3, 0.4) is 0 Å². The van der Waals surface area contributed by atoms with Crippen LogP contribution in [0, 0.1) is 0 Å². The summed E-state index contributed by atoms with van der Waals surface area (Å²) in [5.41, 5.74) is 0.0391. The highest BCUT2D eigenvalue weighted by molar-refractivity contribution is 5.92. The normalized spacial score (nSPS) is 18.1. The molecule has 2 aromatic heterocycles. The molecule has 3 rings (SSSR count). The molecule has 0 spiro atoms. The average Bonchev–Trinajstić information content (AvgIpc) is 3.22. The quantitative estimate of drug-likeness (QED) is 0.801. The van der Waals surface area contributed by atoms with Crippen LogP contribution in [0.4, 0.5) is 8.78 Å². The van der Waals surface area contributed by atoms with Gasteiger partial charge in [-0.15, -0.1) is 10.2 Å². The number of aromatic nitrogens is 5. The fraction of sp³-hybridized carbons (Fsp3) is 0.625. The van der Waals surface area contributed by atoms with Crippen molar-refractivity contribution in [2.45, 2.75) is 31.9 Å². The molecule has 26 heavy (non-hydrogen) atoms. The lowest BCUT2D eigenvalue weighted by Crippen LogP contribution is -2.40. The van der Waals surface area contributed by atoms with E-state index < -0.39 is 6.55 Å². The van der Waals surface area contributed by atoms with Gasteiger partial charge in [-0.3, -0.25) is 4.79 Å². The Kier molecular flexibility index (Phi) is 5.30. The van der Waals surface area contributed by atoms with E-state index in [1.807, 2.05) is 30.6 Å². The Hall–Kier alpha value is -2.36. The van der Waals surface area contributed by atoms with E-state index in [4.69, 9.17) is 0 Å². The van der Waals surface area contributed by atoms with E-state index in [1.54, 1.807) is 4.90 Å². The van der Waals surface area contributed by atoms with Gasteiger partial charge in [0.15, 0.2) is 5.69 Å². The van der Waals surface area contributed by atoms with Gasteiger partial charge in [0, 0.05) is 32.3 Å². The molecule has 10 heteroatoms. The van der Waals surface area contributed by atoms with Gasteiger partial charge < -0.3 is 14.4 Å². The van der Waals surface area contributed by atoms with Gasteiger partial charge >= 0.3 is 6.55 Å². The first-order valence-corrected chi connectivity index (χ1v) is 8.52. The number of carbonyl (C=O) groups excluding carboxylic acids is 1. The molecule has 1 fully saturated rings. The third-order valence-corrected chi connectivity index (χ3v) is 4.56. The SMILES string of the molecule is CN(C)Cc1nnc(C2CCCN(C(=O)c3ccn(C(F)F)n3)C2)n1C. The van der Waals surface area contributed by atoms with Gasteiger partial charge in [0.25, 0.3) is 5.91 Å². The fourth-order valence-electron chi connectivity index (χ4n) is 3.25. The van der Waals surface area contributed by atoms with E-state index in [2.05, 4.69) is 15.3 Å². The highest BCUT2D eigenvalue weighted by Gasteiger charge is 2.30. The van der Waals surface area contributed by atoms with Gasteiger partial charge in [-0.2, -0.15) is 13.9 Å². The minimum absolute atomic E-state index is 0.0391. The molecule has 0 aromatic carbocycles. The number of carbonyl (C=O) groups is 1. The maximum atomic E-state index is 12.7. The molecule has 0 saturated carbocycles. The number of alkyl halides is 2. The van der Waals surface area contributed by atoms with E-state index >= 15 is 0 Å². The molecule has 0 radical (unpaired) electrons. The molecule has 8 nitrogen and oxygen atoms in total. The molecule has 1 aliphatic rings. The van der Waals surface area contributed by atoms with E-state index in [1.165, 1.54) is 6.07 Å². The third-order valence-electron chi connectivity index (χ3n) is 4.56. The van der Waals surface area contributed by atoms with Crippen molar-refractivity contribution >= 4 is 5.91 Å². The van der Waals surface area contributed by atoms with E-state index in [9.17, 15) is 13.6 Å². The average molecular weight is 367 g/mol. The third kappa shape index (κ3) is 3.74. The van der Waals surface area contributed by atoms with Gasteiger partial charge in [-0.1, -0.05) is 0 Å². The van der Waals surface area contributed by atoms with Gasteiger partial charge in [-0.05, 0) is 33.0 Å². The predicted molar refractivity (Wildman–Crippen MR) is 89.8 cm³/mol. The number of hydrogen-bond donors (Lipinski definition) is 0. The summed E-state index contributed by atoms with van der Waals surface area (Å²) in [5, 5.41) is 12.2. The van der Waals surface area contributed by atoms with E-state index in [0.717, 1.165) is 30.7 Å². The Balaban J connectivity index is 1.73. The first-order valence-electron chi connectivity index (χ1n) is 8.52. The van der Waals surface area contributed by atoms with Crippen LogP contribution in [0.1, 0.15) is 47.4 Å². The lowest BCUT2D eigenvalue weighted by molar-refractivity contribution is 0.0546. The van der Waals surface area contributed by atoms with Crippen LogP contribution in [-0.4, -0.2) is 67.4 Å². The zero-order valence-corrected chi connectivity index (χ0v) is 15.1. The van der Waals surface area contributed by atoms with Crippen LogP contribution in [0.15, 0.2) is 12.3 Å². The standard InChI is InChI=1S/C16H23F2N7O/c1-22(2)10-13-19-20-14(23(13)3)11-5-4-7-24(9-11)15(26)12-6-8-25(21-12)16(17)18/h6,8,11,16H,4-5,7,9-10H2,1-3H3. The summed E-state index contributed by atoms with van der Waals surface area (Å²) in [6.07, 6.45) is 2.85. The van der Waals surface area contributed by atoms with Crippen LogP contribution < -0.4 is 0 Å². The van der Waals surface area contributed by atoms with Gasteiger partial charge in [0.1, 0.15) is 11.6 Å². The second-order valence-corrected chi connectivity index (χ2v) is 6.82.